The van der Waals surface area contributed by atoms with Crippen LogP contribution in [0.4, 0.5) is 4.39 Å². The van der Waals surface area contributed by atoms with Gasteiger partial charge in [0.2, 0.25) is 0 Å². The van der Waals surface area contributed by atoms with Crippen molar-refractivity contribution in [2.75, 3.05) is 26.2 Å². The van der Waals surface area contributed by atoms with Gasteiger partial charge in [-0.2, -0.15) is 0 Å². The van der Waals surface area contributed by atoms with Crippen LogP contribution < -0.4 is 5.32 Å². The highest BCUT2D eigenvalue weighted by Gasteiger charge is 2.16. The first kappa shape index (κ1) is 15.4. The Morgan fingerprint density at radius 2 is 2.35 bits per heavy atom. The van der Waals surface area contributed by atoms with E-state index in [1.807, 2.05) is 0 Å². The zero-order valence-corrected chi connectivity index (χ0v) is 13.2. The highest BCUT2D eigenvalue weighted by atomic mass is 79.9. The first-order valence-electron chi connectivity index (χ1n) is 7.02. The summed E-state index contributed by atoms with van der Waals surface area (Å²) in [6.45, 7) is 5.81. The van der Waals surface area contributed by atoms with Crippen LogP contribution >= 0.6 is 15.9 Å². The molecule has 0 aromatic heterocycles. The van der Waals surface area contributed by atoms with Crippen LogP contribution in [0, 0.1) is 11.7 Å². The molecule has 1 aliphatic heterocycles. The van der Waals surface area contributed by atoms with Crippen LogP contribution in [0.1, 0.15) is 30.1 Å². The maximum absolute atomic E-state index is 13.6. The molecule has 1 N–H and O–H groups in total. The monoisotopic (exact) mass is 342 g/mol. The fraction of sp³-hybridized carbons (Fsp3) is 0.533. The largest absolute Gasteiger partial charge is 0.351 e. The Bertz CT molecular complexity index is 481. The van der Waals surface area contributed by atoms with E-state index in [9.17, 15) is 9.18 Å². The molecule has 1 fully saturated rings. The number of halogens is 2. The average Bonchev–Trinajstić information content (AvgIpc) is 2.38. The Morgan fingerprint density at radius 3 is 3.05 bits per heavy atom. The zero-order valence-electron chi connectivity index (χ0n) is 11.7. The Kier molecular flexibility index (Phi) is 5.54. The first-order valence-corrected chi connectivity index (χ1v) is 7.81. The summed E-state index contributed by atoms with van der Waals surface area (Å²) in [5, 5.41) is 2.79. The predicted molar refractivity (Wildman–Crippen MR) is 81.3 cm³/mol. The molecule has 1 aromatic rings. The lowest BCUT2D eigenvalue weighted by molar-refractivity contribution is 0.0940. The van der Waals surface area contributed by atoms with Crippen LogP contribution in [0.5, 0.6) is 0 Å². The van der Waals surface area contributed by atoms with E-state index in [4.69, 9.17) is 0 Å². The van der Waals surface area contributed by atoms with Crippen molar-refractivity contribution in [1.29, 1.82) is 0 Å². The van der Waals surface area contributed by atoms with Crippen LogP contribution in [0.3, 0.4) is 0 Å². The van der Waals surface area contributed by atoms with Crippen LogP contribution in [-0.4, -0.2) is 37.0 Å². The molecule has 1 unspecified atom stereocenters. The molecule has 1 heterocycles. The topological polar surface area (TPSA) is 32.3 Å². The maximum Gasteiger partial charge on any atom is 0.254 e. The van der Waals surface area contributed by atoms with Crippen molar-refractivity contribution in [1.82, 2.24) is 10.2 Å². The lowest BCUT2D eigenvalue weighted by Gasteiger charge is -2.30. The van der Waals surface area contributed by atoms with Gasteiger partial charge in [-0.3, -0.25) is 4.79 Å². The van der Waals surface area contributed by atoms with Crippen molar-refractivity contribution in [3.05, 3.63) is 34.1 Å². The van der Waals surface area contributed by atoms with Crippen molar-refractivity contribution in [3.63, 3.8) is 0 Å². The quantitative estimate of drug-likeness (QED) is 0.911. The van der Waals surface area contributed by atoms with Gasteiger partial charge in [-0.1, -0.05) is 22.9 Å². The van der Waals surface area contributed by atoms with Gasteiger partial charge in [0.15, 0.2) is 0 Å². The van der Waals surface area contributed by atoms with Gasteiger partial charge in [-0.25, -0.2) is 4.39 Å². The minimum atomic E-state index is -0.497. The van der Waals surface area contributed by atoms with E-state index in [0.717, 1.165) is 25.6 Å². The van der Waals surface area contributed by atoms with Crippen LogP contribution in [0.25, 0.3) is 0 Å². The molecule has 0 radical (unpaired) electrons. The number of nitrogens with zero attached hydrogens (tertiary/aromatic N) is 1. The summed E-state index contributed by atoms with van der Waals surface area (Å²) in [5.74, 6) is -0.119. The van der Waals surface area contributed by atoms with Gasteiger partial charge in [-0.05, 0) is 43.5 Å². The van der Waals surface area contributed by atoms with E-state index in [2.05, 4.69) is 33.1 Å². The lowest BCUT2D eigenvalue weighted by Crippen LogP contribution is -2.40. The number of rotatable bonds is 4. The smallest absolute Gasteiger partial charge is 0.254 e. The summed E-state index contributed by atoms with van der Waals surface area (Å²) in [6, 6.07) is 4.48. The number of hydrogen-bond acceptors (Lipinski definition) is 2. The zero-order chi connectivity index (χ0) is 14.5. The second-order valence-corrected chi connectivity index (χ2v) is 6.34. The van der Waals surface area contributed by atoms with E-state index >= 15 is 0 Å². The van der Waals surface area contributed by atoms with Gasteiger partial charge in [-0.15, -0.1) is 0 Å². The van der Waals surface area contributed by atoms with Gasteiger partial charge in [0.25, 0.3) is 5.91 Å². The summed E-state index contributed by atoms with van der Waals surface area (Å²) >= 11 is 3.18. The van der Waals surface area contributed by atoms with Gasteiger partial charge < -0.3 is 10.2 Å². The summed E-state index contributed by atoms with van der Waals surface area (Å²) < 4.78 is 14.3. The molecule has 0 bridgehead atoms. The van der Waals surface area contributed by atoms with E-state index in [1.165, 1.54) is 25.0 Å². The maximum atomic E-state index is 13.6. The normalized spacial score (nSPS) is 19.9. The minimum absolute atomic E-state index is 0.0974. The molecule has 1 saturated heterocycles. The molecule has 2 rings (SSSR count). The van der Waals surface area contributed by atoms with Crippen molar-refractivity contribution in [2.24, 2.45) is 5.92 Å². The molecule has 20 heavy (non-hydrogen) atoms. The summed E-state index contributed by atoms with van der Waals surface area (Å²) in [4.78, 5) is 14.3. The van der Waals surface area contributed by atoms with Crippen LogP contribution in [0.15, 0.2) is 22.7 Å². The molecular weight excluding hydrogens is 323 g/mol. The Labute approximate surface area is 127 Å². The standard InChI is InChI=1S/C15H20BrFN2O/c1-11-3-2-7-19(10-11)8-6-18-15(20)13-5-4-12(16)9-14(13)17/h4-5,9,11H,2-3,6-8,10H2,1H3,(H,18,20). The van der Waals surface area contributed by atoms with E-state index < -0.39 is 5.82 Å². The third kappa shape index (κ3) is 4.28. The summed E-state index contributed by atoms with van der Waals surface area (Å²) in [7, 11) is 0. The number of nitrogens with one attached hydrogen (secondary N) is 1. The molecule has 0 aliphatic carbocycles. The van der Waals surface area contributed by atoms with Crippen molar-refractivity contribution < 1.29 is 9.18 Å². The molecule has 1 amide bonds. The van der Waals surface area contributed by atoms with E-state index in [0.29, 0.717) is 11.0 Å². The number of hydrogen-bond donors (Lipinski definition) is 1. The summed E-state index contributed by atoms with van der Waals surface area (Å²) in [5.41, 5.74) is 0.0974. The van der Waals surface area contributed by atoms with Crippen molar-refractivity contribution in [3.8, 4) is 0 Å². The van der Waals surface area contributed by atoms with E-state index in [-0.39, 0.29) is 11.5 Å². The molecule has 1 aliphatic rings. The van der Waals surface area contributed by atoms with Gasteiger partial charge >= 0.3 is 0 Å². The Morgan fingerprint density at radius 1 is 1.55 bits per heavy atom. The van der Waals surface area contributed by atoms with Gasteiger partial charge in [0.1, 0.15) is 5.82 Å². The third-order valence-electron chi connectivity index (χ3n) is 3.63. The van der Waals surface area contributed by atoms with E-state index in [1.54, 1.807) is 6.07 Å². The second-order valence-electron chi connectivity index (χ2n) is 5.43. The Balaban J connectivity index is 1.80. The molecule has 0 spiro atoms. The summed E-state index contributed by atoms with van der Waals surface area (Å²) in [6.07, 6.45) is 2.50. The minimum Gasteiger partial charge on any atom is -0.351 e. The number of amides is 1. The number of piperidine rings is 1. The molecule has 110 valence electrons. The van der Waals surface area contributed by atoms with Gasteiger partial charge in [0.05, 0.1) is 5.56 Å². The van der Waals surface area contributed by atoms with Crippen LogP contribution in [0.2, 0.25) is 0 Å². The van der Waals surface area contributed by atoms with Crippen molar-refractivity contribution >= 4 is 21.8 Å². The molecule has 0 saturated carbocycles. The average molecular weight is 343 g/mol. The van der Waals surface area contributed by atoms with Crippen LogP contribution in [-0.2, 0) is 0 Å². The highest BCUT2D eigenvalue weighted by Crippen LogP contribution is 2.16. The Hall–Kier alpha value is -0.940. The molecule has 3 nitrogen and oxygen atoms in total. The molecule has 5 heteroatoms. The third-order valence-corrected chi connectivity index (χ3v) is 4.12. The number of carbonyl (C=O) groups is 1. The molecular formula is C15H20BrFN2O. The first-order chi connectivity index (χ1) is 9.56. The lowest BCUT2D eigenvalue weighted by atomic mass is 10.0. The number of benzene rings is 1. The predicted octanol–water partition coefficient (Wildman–Crippen LogP) is 3.05. The molecule has 1 aromatic carbocycles. The highest BCUT2D eigenvalue weighted by molar-refractivity contribution is 9.10. The second kappa shape index (κ2) is 7.18. The fourth-order valence-corrected chi connectivity index (χ4v) is 2.92. The van der Waals surface area contributed by atoms with Gasteiger partial charge in [0, 0.05) is 24.1 Å². The fourth-order valence-electron chi connectivity index (χ4n) is 2.59. The van der Waals surface area contributed by atoms with Crippen molar-refractivity contribution in [2.45, 2.75) is 19.8 Å². The number of carbonyl (C=O) groups excluding carboxylic acids is 1. The number of likely N-dealkylation sites (tertiary alicyclic amines) is 1. The molecule has 1 atom stereocenters. The SMILES string of the molecule is CC1CCCN(CCNC(=O)c2ccc(Br)cc2F)C1.